The van der Waals surface area contributed by atoms with Crippen molar-refractivity contribution in [3.05, 3.63) is 35.4 Å². The van der Waals surface area contributed by atoms with Crippen molar-refractivity contribution < 1.29 is 14.9 Å². The first-order valence-electron chi connectivity index (χ1n) is 6.15. The van der Waals surface area contributed by atoms with Crippen molar-refractivity contribution in [3.8, 4) is 5.75 Å². The van der Waals surface area contributed by atoms with Gasteiger partial charge >= 0.3 is 0 Å². The van der Waals surface area contributed by atoms with Crippen LogP contribution in [0.3, 0.4) is 0 Å². The lowest BCUT2D eigenvalue weighted by Gasteiger charge is -2.45. The number of aliphatic hydroxyl groups is 2. The molecule has 0 spiro atoms. The number of methoxy groups -OCH3 is 1. The molecule has 3 heteroatoms. The number of hydrogen-bond donors (Lipinski definition) is 2. The average Bonchev–Trinajstić information content (AvgIpc) is 2.33. The SMILES string of the molecule is COc1ccc2c(c1)C(C)(O)C(O)(C(C)C)C=C2. The van der Waals surface area contributed by atoms with Gasteiger partial charge in [0.05, 0.1) is 7.11 Å². The summed E-state index contributed by atoms with van der Waals surface area (Å²) in [5, 5.41) is 21.5. The minimum Gasteiger partial charge on any atom is -0.497 e. The Kier molecular flexibility index (Phi) is 2.99. The molecule has 1 aliphatic carbocycles. The van der Waals surface area contributed by atoms with Crippen LogP contribution in [0.1, 0.15) is 31.9 Å². The molecule has 0 saturated carbocycles. The molecule has 18 heavy (non-hydrogen) atoms. The highest BCUT2D eigenvalue weighted by Gasteiger charge is 2.50. The first-order valence-corrected chi connectivity index (χ1v) is 6.15. The Morgan fingerprint density at radius 2 is 1.89 bits per heavy atom. The van der Waals surface area contributed by atoms with Crippen molar-refractivity contribution in [2.75, 3.05) is 7.11 Å². The maximum absolute atomic E-state index is 10.8. The highest BCUT2D eigenvalue weighted by Crippen LogP contribution is 2.45. The molecule has 0 amide bonds. The summed E-state index contributed by atoms with van der Waals surface area (Å²) < 4.78 is 5.19. The van der Waals surface area contributed by atoms with Crippen molar-refractivity contribution in [3.63, 3.8) is 0 Å². The van der Waals surface area contributed by atoms with Crippen LogP contribution in [0.4, 0.5) is 0 Å². The van der Waals surface area contributed by atoms with Gasteiger partial charge in [-0.2, -0.15) is 0 Å². The van der Waals surface area contributed by atoms with Gasteiger partial charge in [-0.3, -0.25) is 0 Å². The van der Waals surface area contributed by atoms with Gasteiger partial charge in [0.25, 0.3) is 0 Å². The second-order valence-electron chi connectivity index (χ2n) is 5.34. The topological polar surface area (TPSA) is 49.7 Å². The van der Waals surface area contributed by atoms with E-state index < -0.39 is 11.2 Å². The van der Waals surface area contributed by atoms with Crippen molar-refractivity contribution >= 4 is 6.08 Å². The van der Waals surface area contributed by atoms with Crippen LogP contribution in [-0.4, -0.2) is 22.9 Å². The lowest BCUT2D eigenvalue weighted by atomic mass is 9.68. The first-order chi connectivity index (χ1) is 8.33. The van der Waals surface area contributed by atoms with E-state index in [-0.39, 0.29) is 5.92 Å². The van der Waals surface area contributed by atoms with Crippen LogP contribution in [0.15, 0.2) is 24.3 Å². The van der Waals surface area contributed by atoms with Gasteiger partial charge < -0.3 is 14.9 Å². The molecule has 2 rings (SSSR count). The summed E-state index contributed by atoms with van der Waals surface area (Å²) in [6.45, 7) is 5.43. The number of ether oxygens (including phenoxy) is 1. The quantitative estimate of drug-likeness (QED) is 0.844. The summed E-state index contributed by atoms with van der Waals surface area (Å²) >= 11 is 0. The highest BCUT2D eigenvalue weighted by atomic mass is 16.5. The van der Waals surface area contributed by atoms with Crippen molar-refractivity contribution in [2.45, 2.75) is 32.0 Å². The van der Waals surface area contributed by atoms with E-state index in [1.165, 1.54) is 0 Å². The van der Waals surface area contributed by atoms with E-state index in [2.05, 4.69) is 0 Å². The summed E-state index contributed by atoms with van der Waals surface area (Å²) in [7, 11) is 1.59. The van der Waals surface area contributed by atoms with Crippen LogP contribution >= 0.6 is 0 Å². The zero-order valence-corrected chi connectivity index (χ0v) is 11.3. The van der Waals surface area contributed by atoms with E-state index in [0.29, 0.717) is 11.3 Å². The zero-order chi connectivity index (χ0) is 13.6. The standard InChI is InChI=1S/C15H20O3/c1-10(2)15(17)8-7-11-5-6-12(18-4)9-13(11)14(15,3)16/h5-10,16-17H,1-4H3. The van der Waals surface area contributed by atoms with Crippen molar-refractivity contribution in [2.24, 2.45) is 5.92 Å². The van der Waals surface area contributed by atoms with Gasteiger partial charge in [-0.1, -0.05) is 26.0 Å². The molecule has 0 bridgehead atoms. The summed E-state index contributed by atoms with van der Waals surface area (Å²) in [5.74, 6) is 0.582. The Labute approximate surface area is 108 Å². The summed E-state index contributed by atoms with van der Waals surface area (Å²) in [5.41, 5.74) is -1.00. The third-order valence-electron chi connectivity index (χ3n) is 3.96. The molecule has 0 aliphatic heterocycles. The van der Waals surface area contributed by atoms with Crippen LogP contribution in [-0.2, 0) is 5.60 Å². The predicted molar refractivity (Wildman–Crippen MR) is 71.4 cm³/mol. The highest BCUT2D eigenvalue weighted by molar-refractivity contribution is 5.63. The predicted octanol–water partition coefficient (Wildman–Crippen LogP) is 2.32. The third-order valence-corrected chi connectivity index (χ3v) is 3.96. The summed E-state index contributed by atoms with van der Waals surface area (Å²) in [4.78, 5) is 0. The fourth-order valence-corrected chi connectivity index (χ4v) is 2.58. The second kappa shape index (κ2) is 4.11. The maximum atomic E-state index is 10.8. The van der Waals surface area contributed by atoms with Gasteiger partial charge in [-0.15, -0.1) is 0 Å². The van der Waals surface area contributed by atoms with Gasteiger partial charge in [0, 0.05) is 0 Å². The fraction of sp³-hybridized carbons (Fsp3) is 0.467. The number of rotatable bonds is 2. The van der Waals surface area contributed by atoms with Gasteiger partial charge in [-0.25, -0.2) is 0 Å². The molecule has 1 aliphatic rings. The van der Waals surface area contributed by atoms with E-state index in [1.807, 2.05) is 32.1 Å². The molecule has 0 radical (unpaired) electrons. The third kappa shape index (κ3) is 1.66. The van der Waals surface area contributed by atoms with Crippen LogP contribution in [0, 0.1) is 5.92 Å². The Balaban J connectivity index is 2.62. The van der Waals surface area contributed by atoms with Crippen LogP contribution < -0.4 is 4.74 Å². The molecule has 0 saturated heterocycles. The second-order valence-corrected chi connectivity index (χ2v) is 5.34. The van der Waals surface area contributed by atoms with Gasteiger partial charge in [0.1, 0.15) is 17.0 Å². The van der Waals surface area contributed by atoms with E-state index in [9.17, 15) is 10.2 Å². The van der Waals surface area contributed by atoms with Gasteiger partial charge in [-0.05, 0) is 42.2 Å². The summed E-state index contributed by atoms with van der Waals surface area (Å²) in [6.07, 6.45) is 3.54. The lowest BCUT2D eigenvalue weighted by molar-refractivity contribution is -0.142. The molecule has 0 heterocycles. The minimum atomic E-state index is -1.33. The van der Waals surface area contributed by atoms with Gasteiger partial charge in [0.15, 0.2) is 0 Å². The molecule has 0 fully saturated rings. The Morgan fingerprint density at radius 3 is 2.44 bits per heavy atom. The smallest absolute Gasteiger partial charge is 0.120 e. The minimum absolute atomic E-state index is 0.0944. The zero-order valence-electron chi connectivity index (χ0n) is 11.3. The molecular formula is C15H20O3. The lowest BCUT2D eigenvalue weighted by Crippen LogP contribution is -2.53. The molecule has 1 aromatic rings. The van der Waals surface area contributed by atoms with Crippen LogP contribution in [0.25, 0.3) is 6.08 Å². The molecule has 2 atom stereocenters. The normalized spacial score (nSPS) is 30.4. The van der Waals surface area contributed by atoms with Gasteiger partial charge in [0.2, 0.25) is 0 Å². The number of fused-ring (bicyclic) bond motifs is 1. The molecule has 0 aromatic heterocycles. The Bertz CT molecular complexity index is 489. The van der Waals surface area contributed by atoms with E-state index in [0.717, 1.165) is 5.56 Å². The summed E-state index contributed by atoms with van der Waals surface area (Å²) in [6, 6.07) is 5.52. The molecular weight excluding hydrogens is 228 g/mol. The number of benzene rings is 1. The Morgan fingerprint density at radius 1 is 1.22 bits per heavy atom. The fourth-order valence-electron chi connectivity index (χ4n) is 2.58. The largest absolute Gasteiger partial charge is 0.497 e. The molecule has 3 nitrogen and oxygen atoms in total. The molecule has 98 valence electrons. The van der Waals surface area contributed by atoms with E-state index >= 15 is 0 Å². The van der Waals surface area contributed by atoms with E-state index in [1.54, 1.807) is 26.2 Å². The number of hydrogen-bond acceptors (Lipinski definition) is 3. The maximum Gasteiger partial charge on any atom is 0.120 e. The molecule has 1 aromatic carbocycles. The molecule has 2 N–H and O–H groups in total. The molecule has 2 unspecified atom stereocenters. The van der Waals surface area contributed by atoms with Crippen LogP contribution in [0.2, 0.25) is 0 Å². The van der Waals surface area contributed by atoms with Crippen LogP contribution in [0.5, 0.6) is 5.75 Å². The van der Waals surface area contributed by atoms with Crippen molar-refractivity contribution in [1.82, 2.24) is 0 Å². The average molecular weight is 248 g/mol. The van der Waals surface area contributed by atoms with E-state index in [4.69, 9.17) is 4.74 Å². The Hall–Kier alpha value is -1.32. The first kappa shape index (κ1) is 13.1. The monoisotopic (exact) mass is 248 g/mol. The van der Waals surface area contributed by atoms with Crippen molar-refractivity contribution in [1.29, 1.82) is 0 Å².